The van der Waals surface area contributed by atoms with E-state index in [1.807, 2.05) is 6.92 Å². The van der Waals surface area contributed by atoms with Gasteiger partial charge in [-0.2, -0.15) is 0 Å². The molecule has 156 valence electrons. The van der Waals surface area contributed by atoms with Crippen LogP contribution in [0.15, 0.2) is 15.6 Å². The Bertz CT molecular complexity index is 865. The molecular weight excluding hydrogens is 432 g/mol. The van der Waals surface area contributed by atoms with Crippen LogP contribution in [0.4, 0.5) is 0 Å². The zero-order chi connectivity index (χ0) is 20.5. The number of β-lactam (4-membered cyclic amide) rings is 1. The molecule has 11 heteroatoms. The lowest BCUT2D eigenvalue weighted by atomic mass is 9.88. The molecule has 8 nitrogen and oxygen atoms in total. The van der Waals surface area contributed by atoms with Crippen molar-refractivity contribution in [2.75, 3.05) is 11.5 Å². The van der Waals surface area contributed by atoms with E-state index in [1.54, 1.807) is 0 Å². The van der Waals surface area contributed by atoms with E-state index in [4.69, 9.17) is 0 Å². The molecule has 1 saturated heterocycles. The highest BCUT2D eigenvalue weighted by Crippen LogP contribution is 2.42. The van der Waals surface area contributed by atoms with E-state index < -0.39 is 12.0 Å². The first-order valence-corrected chi connectivity index (χ1v) is 12.4. The first-order chi connectivity index (χ1) is 14.0. The average Bonchev–Trinajstić information content (AvgIpc) is 3.15. The maximum absolute atomic E-state index is 12.7. The number of nitrogens with one attached hydrogen (secondary N) is 1. The molecule has 2 amide bonds. The number of hydrogen-bond donors (Lipinski definition) is 2. The molecule has 2 N–H and O–H groups in total. The molecule has 2 atom stereocenters. The zero-order valence-corrected chi connectivity index (χ0v) is 18.4. The van der Waals surface area contributed by atoms with E-state index in [2.05, 4.69) is 15.5 Å². The molecule has 1 aromatic heterocycles. The number of amides is 2. The van der Waals surface area contributed by atoms with E-state index in [0.717, 1.165) is 41.5 Å². The third-order valence-electron chi connectivity index (χ3n) is 5.40. The van der Waals surface area contributed by atoms with Crippen molar-refractivity contribution in [3.63, 3.8) is 0 Å². The molecule has 1 aliphatic carbocycles. The largest absolute Gasteiger partial charge is 0.477 e. The first-order valence-electron chi connectivity index (χ1n) is 9.59. The summed E-state index contributed by atoms with van der Waals surface area (Å²) in [5, 5.41) is 21.1. The molecule has 29 heavy (non-hydrogen) atoms. The van der Waals surface area contributed by atoms with Gasteiger partial charge in [0.05, 0.1) is 0 Å². The van der Waals surface area contributed by atoms with Gasteiger partial charge in [-0.05, 0) is 25.3 Å². The Hall–Kier alpha value is -1.59. The van der Waals surface area contributed by atoms with E-state index >= 15 is 0 Å². The van der Waals surface area contributed by atoms with Crippen LogP contribution >= 0.6 is 34.9 Å². The number of carbonyl (C=O) groups excluding carboxylic acids is 2. The van der Waals surface area contributed by atoms with Crippen LogP contribution in [0.5, 0.6) is 0 Å². The summed E-state index contributed by atoms with van der Waals surface area (Å²) in [6, 6.07) is -0.635. The predicted octanol–water partition coefficient (Wildman–Crippen LogP) is 2.26. The van der Waals surface area contributed by atoms with Gasteiger partial charge in [0.25, 0.3) is 5.91 Å². The number of hydrogen-bond acceptors (Lipinski definition) is 8. The summed E-state index contributed by atoms with van der Waals surface area (Å²) in [4.78, 5) is 38.5. The molecule has 0 unspecified atom stereocenters. The minimum absolute atomic E-state index is 0.0315. The highest BCUT2D eigenvalue weighted by molar-refractivity contribution is 8.01. The highest BCUT2D eigenvalue weighted by atomic mass is 32.2. The van der Waals surface area contributed by atoms with Crippen molar-refractivity contribution in [3.05, 3.63) is 16.3 Å². The van der Waals surface area contributed by atoms with Gasteiger partial charge in [-0.25, -0.2) is 4.79 Å². The molecule has 0 bridgehead atoms. The summed E-state index contributed by atoms with van der Waals surface area (Å²) in [6.45, 7) is 1.87. The fraction of sp³-hybridized carbons (Fsp3) is 0.611. The van der Waals surface area contributed by atoms with Crippen molar-refractivity contribution in [1.82, 2.24) is 20.4 Å². The fourth-order valence-corrected chi connectivity index (χ4v) is 7.22. The number of carboxylic acids is 1. The van der Waals surface area contributed by atoms with Gasteiger partial charge in [0, 0.05) is 17.4 Å². The normalized spacial score (nSPS) is 24.9. The number of fused-ring (bicyclic) bond motifs is 1. The standard InChI is InChI=1S/C18H22N4O4S3/c1-9-20-21-18(29-9)28-8-11-7-27-16-12(15(24)22(16)13(11)17(25)26)19-14(23)10-5-3-2-4-6-10/h10,12,16H,2-8H2,1H3,(H,19,23)(H,25,26)/t12-,16+/m1/s1. The van der Waals surface area contributed by atoms with E-state index in [1.165, 1.54) is 39.8 Å². The second-order valence-corrected chi connectivity index (χ2v) is 10.9. The molecular formula is C18H22N4O4S3. The molecule has 2 aliphatic heterocycles. The van der Waals surface area contributed by atoms with E-state index in [-0.39, 0.29) is 28.8 Å². The quantitative estimate of drug-likeness (QED) is 0.497. The number of aliphatic carboxylic acids is 1. The molecule has 2 fully saturated rings. The van der Waals surface area contributed by atoms with Crippen molar-refractivity contribution >= 4 is 52.6 Å². The van der Waals surface area contributed by atoms with Crippen molar-refractivity contribution < 1.29 is 19.5 Å². The zero-order valence-electron chi connectivity index (χ0n) is 15.9. The molecule has 3 aliphatic rings. The monoisotopic (exact) mass is 454 g/mol. The number of carbonyl (C=O) groups is 3. The number of thioether (sulfide) groups is 2. The Morgan fingerprint density at radius 3 is 2.69 bits per heavy atom. The van der Waals surface area contributed by atoms with Gasteiger partial charge in [0.1, 0.15) is 22.1 Å². The van der Waals surface area contributed by atoms with Crippen LogP contribution < -0.4 is 5.32 Å². The van der Waals surface area contributed by atoms with Gasteiger partial charge in [0.15, 0.2) is 4.34 Å². The maximum Gasteiger partial charge on any atom is 0.352 e. The molecule has 3 heterocycles. The molecule has 1 saturated carbocycles. The summed E-state index contributed by atoms with van der Waals surface area (Å²) in [5.41, 5.74) is 0.748. The third-order valence-corrected chi connectivity index (χ3v) is 8.80. The van der Waals surface area contributed by atoms with Crippen LogP contribution in [0.25, 0.3) is 0 Å². The minimum atomic E-state index is -1.11. The van der Waals surface area contributed by atoms with Gasteiger partial charge >= 0.3 is 5.97 Å². The minimum Gasteiger partial charge on any atom is -0.477 e. The Balaban J connectivity index is 1.44. The SMILES string of the molecule is Cc1nnc(SCC2=C(C(=O)O)N3C(=O)[C@@H](NC(=O)C4CCCCC4)[C@@H]3SC2)s1. The van der Waals surface area contributed by atoms with E-state index in [0.29, 0.717) is 17.1 Å². The Kier molecular flexibility index (Phi) is 6.16. The van der Waals surface area contributed by atoms with Crippen molar-refractivity contribution in [3.8, 4) is 0 Å². The fourth-order valence-electron chi connectivity index (χ4n) is 3.92. The summed E-state index contributed by atoms with van der Waals surface area (Å²) in [7, 11) is 0. The van der Waals surface area contributed by atoms with Crippen LogP contribution in [-0.2, 0) is 14.4 Å². The van der Waals surface area contributed by atoms with Crippen LogP contribution in [0.2, 0.25) is 0 Å². The lowest BCUT2D eigenvalue weighted by Crippen LogP contribution is -2.71. The second-order valence-electron chi connectivity index (χ2n) is 7.36. The lowest BCUT2D eigenvalue weighted by Gasteiger charge is -2.49. The summed E-state index contributed by atoms with van der Waals surface area (Å²) in [6.07, 6.45) is 4.97. The van der Waals surface area contributed by atoms with E-state index in [9.17, 15) is 19.5 Å². The summed E-state index contributed by atoms with van der Waals surface area (Å²) in [5.74, 6) is -0.592. The topological polar surface area (TPSA) is 112 Å². The Morgan fingerprint density at radius 2 is 2.03 bits per heavy atom. The number of carboxylic acid groups (broad SMARTS) is 1. The first kappa shape index (κ1) is 20.7. The smallest absolute Gasteiger partial charge is 0.352 e. The summed E-state index contributed by atoms with van der Waals surface area (Å²) >= 11 is 4.40. The van der Waals surface area contributed by atoms with Crippen molar-refractivity contribution in [1.29, 1.82) is 0 Å². The molecule has 0 spiro atoms. The average molecular weight is 455 g/mol. The van der Waals surface area contributed by atoms with Crippen LogP contribution in [0.1, 0.15) is 37.1 Å². The van der Waals surface area contributed by atoms with Gasteiger partial charge in [-0.1, -0.05) is 42.4 Å². The Morgan fingerprint density at radius 1 is 1.28 bits per heavy atom. The van der Waals surface area contributed by atoms with Crippen LogP contribution in [-0.4, -0.2) is 60.9 Å². The van der Waals surface area contributed by atoms with Crippen molar-refractivity contribution in [2.45, 2.75) is 54.8 Å². The number of nitrogens with zero attached hydrogens (tertiary/aromatic N) is 3. The molecule has 4 rings (SSSR count). The second kappa shape index (κ2) is 8.65. The Labute approximate surface area is 180 Å². The van der Waals surface area contributed by atoms with Gasteiger partial charge in [-0.3, -0.25) is 14.5 Å². The lowest BCUT2D eigenvalue weighted by molar-refractivity contribution is -0.151. The third kappa shape index (κ3) is 4.17. The van der Waals surface area contributed by atoms with Gasteiger partial charge in [-0.15, -0.1) is 22.0 Å². The summed E-state index contributed by atoms with van der Waals surface area (Å²) < 4.78 is 0.777. The highest BCUT2D eigenvalue weighted by Gasteiger charge is 2.54. The number of aryl methyl sites for hydroxylation is 1. The maximum atomic E-state index is 12.7. The molecule has 0 radical (unpaired) electrons. The predicted molar refractivity (Wildman–Crippen MR) is 112 cm³/mol. The van der Waals surface area contributed by atoms with Crippen LogP contribution in [0.3, 0.4) is 0 Å². The number of rotatable bonds is 6. The van der Waals surface area contributed by atoms with Crippen molar-refractivity contribution in [2.24, 2.45) is 5.92 Å². The number of aromatic nitrogens is 2. The van der Waals surface area contributed by atoms with Crippen LogP contribution in [0, 0.1) is 12.8 Å². The molecule has 0 aromatic carbocycles. The molecule has 1 aromatic rings. The van der Waals surface area contributed by atoms with Gasteiger partial charge in [0.2, 0.25) is 5.91 Å². The van der Waals surface area contributed by atoms with Gasteiger partial charge < -0.3 is 10.4 Å².